The molecule has 0 aromatic rings. The summed E-state index contributed by atoms with van der Waals surface area (Å²) in [7, 11) is 0. The monoisotopic (exact) mass is 322 g/mol. The fourth-order valence-electron chi connectivity index (χ4n) is 4.41. The zero-order valence-electron chi connectivity index (χ0n) is 15.3. The van der Waals surface area contributed by atoms with Gasteiger partial charge in [0.2, 0.25) is 0 Å². The van der Waals surface area contributed by atoms with Gasteiger partial charge in [0.15, 0.2) is 0 Å². The molecule has 1 aliphatic heterocycles. The molecule has 3 unspecified atom stereocenters. The fourth-order valence-corrected chi connectivity index (χ4v) is 4.41. The van der Waals surface area contributed by atoms with Crippen LogP contribution >= 0.6 is 0 Å². The van der Waals surface area contributed by atoms with Crippen molar-refractivity contribution < 1.29 is 14.9 Å². The van der Waals surface area contributed by atoms with Gasteiger partial charge in [-0.1, -0.05) is 37.1 Å². The van der Waals surface area contributed by atoms with Crippen LogP contribution in [0, 0.1) is 11.3 Å². The Morgan fingerprint density at radius 2 is 1.96 bits per heavy atom. The Morgan fingerprint density at radius 1 is 1.26 bits per heavy atom. The van der Waals surface area contributed by atoms with E-state index in [2.05, 4.69) is 20.8 Å². The molecule has 0 aromatic heterocycles. The Labute approximate surface area is 141 Å². The largest absolute Gasteiger partial charge is 0.392 e. The summed E-state index contributed by atoms with van der Waals surface area (Å²) in [5.74, 6) is 0.625. The van der Waals surface area contributed by atoms with E-state index >= 15 is 0 Å². The second-order valence-electron chi connectivity index (χ2n) is 8.30. The minimum atomic E-state index is -0.455. The first-order chi connectivity index (χ1) is 10.8. The van der Waals surface area contributed by atoms with Crippen LogP contribution in [-0.4, -0.2) is 35.1 Å². The predicted molar refractivity (Wildman–Crippen MR) is 94.3 cm³/mol. The first-order valence-corrected chi connectivity index (χ1v) is 9.05. The molecule has 3 nitrogen and oxygen atoms in total. The molecule has 0 aromatic carbocycles. The van der Waals surface area contributed by atoms with Crippen molar-refractivity contribution in [3.05, 3.63) is 23.3 Å². The molecule has 3 heteroatoms. The minimum absolute atomic E-state index is 0.0418. The van der Waals surface area contributed by atoms with Crippen molar-refractivity contribution >= 4 is 0 Å². The van der Waals surface area contributed by atoms with Gasteiger partial charge in [-0.15, -0.1) is 0 Å². The van der Waals surface area contributed by atoms with E-state index < -0.39 is 6.10 Å². The molecule has 3 atom stereocenters. The van der Waals surface area contributed by atoms with Gasteiger partial charge in [0.25, 0.3) is 0 Å². The second kappa shape index (κ2) is 7.50. The molecule has 1 saturated heterocycles. The van der Waals surface area contributed by atoms with Crippen molar-refractivity contribution in [2.75, 3.05) is 13.2 Å². The Kier molecular flexibility index (Phi) is 6.10. The highest BCUT2D eigenvalue weighted by atomic mass is 16.6. The number of hydrogen-bond acceptors (Lipinski definition) is 3. The van der Waals surface area contributed by atoms with E-state index in [9.17, 15) is 5.11 Å². The molecule has 1 spiro atoms. The zero-order valence-corrected chi connectivity index (χ0v) is 15.3. The summed E-state index contributed by atoms with van der Waals surface area (Å²) in [6, 6.07) is 0. The molecular formula is C20H34O3. The number of aliphatic hydroxyl groups is 2. The van der Waals surface area contributed by atoms with Crippen LogP contribution in [0.15, 0.2) is 23.3 Å². The molecule has 2 N–H and O–H groups in total. The maximum atomic E-state index is 10.1. The highest BCUT2D eigenvalue weighted by molar-refractivity contribution is 5.11. The number of allylic oxidation sites excluding steroid dienone is 1. The molecule has 0 radical (unpaired) electrons. The summed E-state index contributed by atoms with van der Waals surface area (Å²) in [6.45, 7) is 9.82. The zero-order chi connectivity index (χ0) is 17.1. The lowest BCUT2D eigenvalue weighted by molar-refractivity contribution is 0.0375. The van der Waals surface area contributed by atoms with Crippen molar-refractivity contribution in [3.8, 4) is 0 Å². The van der Waals surface area contributed by atoms with Gasteiger partial charge in [0.05, 0.1) is 24.9 Å². The molecule has 2 aliphatic rings. The Hall–Kier alpha value is -0.640. The minimum Gasteiger partial charge on any atom is -0.392 e. The Bertz CT molecular complexity index is 452. The third-order valence-electron chi connectivity index (χ3n) is 5.79. The molecule has 132 valence electrons. The normalized spacial score (nSPS) is 32.2. The van der Waals surface area contributed by atoms with E-state index in [1.54, 1.807) is 6.08 Å². The third kappa shape index (κ3) is 4.91. The molecule has 0 amide bonds. The van der Waals surface area contributed by atoms with Crippen molar-refractivity contribution in [2.24, 2.45) is 11.3 Å². The van der Waals surface area contributed by atoms with E-state index in [1.807, 2.05) is 13.0 Å². The van der Waals surface area contributed by atoms with Gasteiger partial charge in [0.1, 0.15) is 0 Å². The maximum Gasteiger partial charge on any atom is 0.0949 e. The Balaban J connectivity index is 1.89. The van der Waals surface area contributed by atoms with Gasteiger partial charge in [-0.05, 0) is 63.7 Å². The van der Waals surface area contributed by atoms with Gasteiger partial charge in [-0.25, -0.2) is 0 Å². The molecule has 0 bridgehead atoms. The van der Waals surface area contributed by atoms with Crippen LogP contribution in [0.1, 0.15) is 66.2 Å². The van der Waals surface area contributed by atoms with E-state index in [0.717, 1.165) is 25.0 Å². The molecule has 1 heterocycles. The van der Waals surface area contributed by atoms with E-state index in [4.69, 9.17) is 9.84 Å². The topological polar surface area (TPSA) is 53.0 Å². The third-order valence-corrected chi connectivity index (χ3v) is 5.79. The second-order valence-corrected chi connectivity index (χ2v) is 8.30. The summed E-state index contributed by atoms with van der Waals surface area (Å²) in [5.41, 5.74) is 2.81. The van der Waals surface area contributed by atoms with Crippen LogP contribution < -0.4 is 0 Å². The lowest BCUT2D eigenvalue weighted by atomic mass is 9.62. The molecule has 1 saturated carbocycles. The number of hydrogen-bond donors (Lipinski definition) is 2. The van der Waals surface area contributed by atoms with Crippen LogP contribution in [0.4, 0.5) is 0 Å². The van der Waals surface area contributed by atoms with Crippen LogP contribution in [-0.2, 0) is 4.74 Å². The summed E-state index contributed by atoms with van der Waals surface area (Å²) >= 11 is 0. The molecule has 2 fully saturated rings. The fraction of sp³-hybridized carbons (Fsp3) is 0.800. The number of aliphatic hydroxyl groups excluding tert-OH is 2. The van der Waals surface area contributed by atoms with Crippen LogP contribution in [0.5, 0.6) is 0 Å². The van der Waals surface area contributed by atoms with Crippen molar-refractivity contribution in [1.29, 1.82) is 0 Å². The van der Waals surface area contributed by atoms with Crippen molar-refractivity contribution in [1.82, 2.24) is 0 Å². The van der Waals surface area contributed by atoms with Gasteiger partial charge in [-0.2, -0.15) is 0 Å². The van der Waals surface area contributed by atoms with Crippen molar-refractivity contribution in [2.45, 2.75) is 77.9 Å². The van der Waals surface area contributed by atoms with Gasteiger partial charge in [0, 0.05) is 0 Å². The number of epoxide rings is 1. The Morgan fingerprint density at radius 3 is 2.57 bits per heavy atom. The SMILES string of the molecule is CC(=CC(O)CC(C)=CCO)CCC1C(C)(C)CCCC12CO2. The average molecular weight is 322 g/mol. The first kappa shape index (κ1) is 18.7. The summed E-state index contributed by atoms with van der Waals surface area (Å²) in [4.78, 5) is 0. The van der Waals surface area contributed by atoms with Crippen LogP contribution in [0.3, 0.4) is 0 Å². The predicted octanol–water partition coefficient (Wildman–Crippen LogP) is 4.00. The standard InChI is InChI=1S/C20H34O3/c1-15(12-17(22)13-16(2)8-11-21)6-7-18-19(3,4)9-5-10-20(18)14-23-20/h8,12,17-18,21-22H,5-7,9-11,13-14H2,1-4H3. The number of ether oxygens (including phenoxy) is 1. The quantitative estimate of drug-likeness (QED) is 0.550. The lowest BCUT2D eigenvalue weighted by Gasteiger charge is -2.43. The van der Waals surface area contributed by atoms with Crippen LogP contribution in [0.2, 0.25) is 0 Å². The van der Waals surface area contributed by atoms with E-state index in [0.29, 0.717) is 17.8 Å². The maximum absolute atomic E-state index is 10.1. The lowest BCUT2D eigenvalue weighted by Crippen LogP contribution is -2.41. The van der Waals surface area contributed by atoms with Gasteiger partial charge >= 0.3 is 0 Å². The molecule has 2 rings (SSSR count). The van der Waals surface area contributed by atoms with E-state index in [-0.39, 0.29) is 12.2 Å². The van der Waals surface area contributed by atoms with Crippen LogP contribution in [0.25, 0.3) is 0 Å². The van der Waals surface area contributed by atoms with E-state index in [1.165, 1.54) is 24.8 Å². The summed E-state index contributed by atoms with van der Waals surface area (Å²) in [6.07, 6.45) is 9.84. The highest BCUT2D eigenvalue weighted by Crippen LogP contribution is 2.55. The van der Waals surface area contributed by atoms with Crippen molar-refractivity contribution in [3.63, 3.8) is 0 Å². The number of rotatable bonds is 7. The average Bonchev–Trinajstić information content (AvgIpc) is 3.17. The summed E-state index contributed by atoms with van der Waals surface area (Å²) in [5, 5.41) is 19.0. The van der Waals surface area contributed by atoms with Gasteiger partial charge < -0.3 is 14.9 Å². The molecule has 23 heavy (non-hydrogen) atoms. The van der Waals surface area contributed by atoms with Gasteiger partial charge in [-0.3, -0.25) is 0 Å². The summed E-state index contributed by atoms with van der Waals surface area (Å²) < 4.78 is 5.88. The molecular weight excluding hydrogens is 288 g/mol. The first-order valence-electron chi connectivity index (χ1n) is 9.05. The molecule has 1 aliphatic carbocycles. The smallest absolute Gasteiger partial charge is 0.0949 e. The highest BCUT2D eigenvalue weighted by Gasteiger charge is 2.57.